The number of carbonyl (C=O) groups excluding carboxylic acids is 3. The number of rotatable bonds is 4. The maximum absolute atomic E-state index is 12.0. The van der Waals surface area contributed by atoms with Crippen LogP contribution >= 0.6 is 11.6 Å². The number of ether oxygens (including phenoxy) is 1. The summed E-state index contributed by atoms with van der Waals surface area (Å²) < 4.78 is 5.13. The van der Waals surface area contributed by atoms with Crippen LogP contribution in [0, 0.1) is 5.92 Å². The van der Waals surface area contributed by atoms with E-state index in [9.17, 15) is 14.4 Å². The standard InChI is InChI=1S/C15H16ClNO4/c1-9(2)8-21-15(20)11-7-10(3-4-12(11)16)17-13(18)5-6-14(17)19/h3-4,7,9H,5-6,8H2,1-2H3. The van der Waals surface area contributed by atoms with Gasteiger partial charge >= 0.3 is 5.97 Å². The van der Waals surface area contributed by atoms with Crippen molar-refractivity contribution < 1.29 is 19.1 Å². The van der Waals surface area contributed by atoms with Crippen LogP contribution in [0.15, 0.2) is 18.2 Å². The summed E-state index contributed by atoms with van der Waals surface area (Å²) in [6.45, 7) is 4.13. The predicted octanol–water partition coefficient (Wildman–Crippen LogP) is 2.81. The fourth-order valence-corrected chi connectivity index (χ4v) is 2.19. The first kappa shape index (κ1) is 15.5. The molecule has 1 aliphatic heterocycles. The summed E-state index contributed by atoms with van der Waals surface area (Å²) in [6, 6.07) is 4.45. The van der Waals surface area contributed by atoms with Crippen molar-refractivity contribution in [2.24, 2.45) is 5.92 Å². The van der Waals surface area contributed by atoms with Crippen LogP contribution in [0.3, 0.4) is 0 Å². The van der Waals surface area contributed by atoms with E-state index in [1.807, 2.05) is 13.8 Å². The van der Waals surface area contributed by atoms with Crippen molar-refractivity contribution in [3.8, 4) is 0 Å². The number of nitrogens with zero attached hydrogens (tertiary/aromatic N) is 1. The van der Waals surface area contributed by atoms with Gasteiger partial charge in [-0.05, 0) is 24.1 Å². The molecule has 0 aromatic heterocycles. The number of amides is 2. The molecule has 1 aromatic carbocycles. The van der Waals surface area contributed by atoms with Crippen LogP contribution in [-0.4, -0.2) is 24.4 Å². The minimum atomic E-state index is -0.561. The number of esters is 1. The minimum Gasteiger partial charge on any atom is -0.462 e. The minimum absolute atomic E-state index is 0.155. The lowest BCUT2D eigenvalue weighted by Crippen LogP contribution is -2.28. The molecule has 2 amide bonds. The summed E-state index contributed by atoms with van der Waals surface area (Å²) in [6.07, 6.45) is 0.378. The van der Waals surface area contributed by atoms with Gasteiger partial charge in [-0.2, -0.15) is 0 Å². The van der Waals surface area contributed by atoms with Crippen LogP contribution in [0.25, 0.3) is 0 Å². The number of imide groups is 1. The lowest BCUT2D eigenvalue weighted by atomic mass is 10.2. The zero-order valence-corrected chi connectivity index (χ0v) is 12.6. The molecule has 0 saturated carbocycles. The Morgan fingerprint density at radius 2 is 1.90 bits per heavy atom. The first-order valence-corrected chi connectivity index (χ1v) is 7.10. The SMILES string of the molecule is CC(C)COC(=O)c1cc(N2C(=O)CCC2=O)ccc1Cl. The van der Waals surface area contributed by atoms with Gasteiger partial charge in [-0.1, -0.05) is 25.4 Å². The number of hydrogen-bond acceptors (Lipinski definition) is 4. The van der Waals surface area contributed by atoms with Crippen molar-refractivity contribution in [1.29, 1.82) is 0 Å². The average molecular weight is 310 g/mol. The summed E-state index contributed by atoms with van der Waals surface area (Å²) in [4.78, 5) is 36.5. The van der Waals surface area contributed by atoms with Crippen LogP contribution in [0.4, 0.5) is 5.69 Å². The van der Waals surface area contributed by atoms with Crippen molar-refractivity contribution in [3.63, 3.8) is 0 Å². The van der Waals surface area contributed by atoms with Gasteiger partial charge in [0.2, 0.25) is 11.8 Å². The second-order valence-electron chi connectivity index (χ2n) is 5.28. The Hall–Kier alpha value is -1.88. The van der Waals surface area contributed by atoms with Crippen LogP contribution in [0.2, 0.25) is 5.02 Å². The van der Waals surface area contributed by atoms with E-state index in [0.717, 1.165) is 4.90 Å². The Balaban J connectivity index is 2.27. The van der Waals surface area contributed by atoms with Crippen LogP contribution < -0.4 is 4.90 Å². The van der Waals surface area contributed by atoms with Gasteiger partial charge in [0, 0.05) is 12.8 Å². The first-order valence-electron chi connectivity index (χ1n) is 6.72. The van der Waals surface area contributed by atoms with Crippen LogP contribution in [0.1, 0.15) is 37.0 Å². The molecule has 0 aliphatic carbocycles. The zero-order valence-electron chi connectivity index (χ0n) is 11.9. The van der Waals surface area contributed by atoms with E-state index in [1.165, 1.54) is 12.1 Å². The molecular formula is C15H16ClNO4. The molecule has 1 fully saturated rings. The van der Waals surface area contributed by atoms with Crippen molar-refractivity contribution in [3.05, 3.63) is 28.8 Å². The van der Waals surface area contributed by atoms with E-state index in [0.29, 0.717) is 5.69 Å². The molecule has 2 rings (SSSR count). The quantitative estimate of drug-likeness (QED) is 0.634. The number of benzene rings is 1. The van der Waals surface area contributed by atoms with Crippen molar-refractivity contribution >= 4 is 35.1 Å². The molecule has 112 valence electrons. The maximum Gasteiger partial charge on any atom is 0.339 e. The van der Waals surface area contributed by atoms with E-state index >= 15 is 0 Å². The molecule has 1 aliphatic rings. The molecule has 0 radical (unpaired) electrons. The molecule has 6 heteroatoms. The molecule has 5 nitrogen and oxygen atoms in total. The van der Waals surface area contributed by atoms with Gasteiger partial charge in [0.05, 0.1) is 22.9 Å². The molecule has 0 N–H and O–H groups in total. The number of carbonyl (C=O) groups is 3. The third-order valence-electron chi connectivity index (χ3n) is 3.03. The Labute approximate surface area is 127 Å². The fourth-order valence-electron chi connectivity index (χ4n) is 1.99. The van der Waals surface area contributed by atoms with Crippen LogP contribution in [-0.2, 0) is 14.3 Å². The highest BCUT2D eigenvalue weighted by atomic mass is 35.5. The molecule has 0 atom stereocenters. The van der Waals surface area contributed by atoms with Gasteiger partial charge in [0.25, 0.3) is 0 Å². The maximum atomic E-state index is 12.0. The Morgan fingerprint density at radius 3 is 2.48 bits per heavy atom. The predicted molar refractivity (Wildman–Crippen MR) is 78.3 cm³/mol. The third kappa shape index (κ3) is 3.42. The molecule has 0 spiro atoms. The Morgan fingerprint density at radius 1 is 1.29 bits per heavy atom. The topological polar surface area (TPSA) is 63.7 Å². The van der Waals surface area contributed by atoms with Crippen molar-refractivity contribution in [2.75, 3.05) is 11.5 Å². The number of hydrogen-bond donors (Lipinski definition) is 0. The van der Waals surface area contributed by atoms with Crippen LogP contribution in [0.5, 0.6) is 0 Å². The van der Waals surface area contributed by atoms with Gasteiger partial charge in [-0.3, -0.25) is 14.5 Å². The third-order valence-corrected chi connectivity index (χ3v) is 3.36. The van der Waals surface area contributed by atoms with E-state index in [1.54, 1.807) is 6.07 Å². The zero-order chi connectivity index (χ0) is 15.6. The summed E-state index contributed by atoms with van der Waals surface area (Å²) >= 11 is 6.00. The molecule has 1 aromatic rings. The van der Waals surface area contributed by atoms with E-state index in [2.05, 4.69) is 0 Å². The summed E-state index contributed by atoms with van der Waals surface area (Å²) in [5.74, 6) is -0.903. The summed E-state index contributed by atoms with van der Waals surface area (Å²) in [7, 11) is 0. The smallest absolute Gasteiger partial charge is 0.339 e. The molecule has 21 heavy (non-hydrogen) atoms. The van der Waals surface area contributed by atoms with E-state index in [4.69, 9.17) is 16.3 Å². The molecule has 1 heterocycles. The molecule has 1 saturated heterocycles. The van der Waals surface area contributed by atoms with Crippen molar-refractivity contribution in [1.82, 2.24) is 0 Å². The molecular weight excluding hydrogens is 294 g/mol. The van der Waals surface area contributed by atoms with Gasteiger partial charge < -0.3 is 4.74 Å². The fraction of sp³-hybridized carbons (Fsp3) is 0.400. The van der Waals surface area contributed by atoms with Gasteiger partial charge in [0.1, 0.15) is 0 Å². The van der Waals surface area contributed by atoms with Gasteiger partial charge in [0.15, 0.2) is 0 Å². The Bertz CT molecular complexity index is 581. The highest BCUT2D eigenvalue weighted by Crippen LogP contribution is 2.27. The molecule has 0 unspecified atom stereocenters. The van der Waals surface area contributed by atoms with E-state index in [-0.39, 0.29) is 47.8 Å². The second-order valence-corrected chi connectivity index (χ2v) is 5.69. The van der Waals surface area contributed by atoms with Gasteiger partial charge in [-0.15, -0.1) is 0 Å². The van der Waals surface area contributed by atoms with E-state index < -0.39 is 5.97 Å². The monoisotopic (exact) mass is 309 g/mol. The molecule has 0 bridgehead atoms. The van der Waals surface area contributed by atoms with Gasteiger partial charge in [-0.25, -0.2) is 4.79 Å². The lowest BCUT2D eigenvalue weighted by Gasteiger charge is -2.15. The lowest BCUT2D eigenvalue weighted by molar-refractivity contribution is -0.121. The highest BCUT2D eigenvalue weighted by molar-refractivity contribution is 6.34. The highest BCUT2D eigenvalue weighted by Gasteiger charge is 2.31. The summed E-state index contributed by atoms with van der Waals surface area (Å²) in [5, 5.41) is 0.228. The summed E-state index contributed by atoms with van der Waals surface area (Å²) in [5.41, 5.74) is 0.505. The Kier molecular flexibility index (Phi) is 4.63. The number of anilines is 1. The number of halogens is 1. The first-order chi connectivity index (χ1) is 9.90. The second kappa shape index (κ2) is 6.26. The van der Waals surface area contributed by atoms with Crippen molar-refractivity contribution in [2.45, 2.75) is 26.7 Å². The largest absolute Gasteiger partial charge is 0.462 e. The normalized spacial score (nSPS) is 15.0. The average Bonchev–Trinajstić information content (AvgIpc) is 2.76.